The van der Waals surface area contributed by atoms with E-state index in [2.05, 4.69) is 33.3 Å². The van der Waals surface area contributed by atoms with Crippen LogP contribution >= 0.6 is 0 Å². The quantitative estimate of drug-likeness (QED) is 0.653. The third kappa shape index (κ3) is 3.39. The first-order chi connectivity index (χ1) is 13.7. The van der Waals surface area contributed by atoms with Crippen molar-refractivity contribution in [3.8, 4) is 0 Å². The molecule has 1 aliphatic heterocycles. The molecule has 8 heteroatoms. The summed E-state index contributed by atoms with van der Waals surface area (Å²) in [6.45, 7) is 9.73. The van der Waals surface area contributed by atoms with Crippen molar-refractivity contribution in [3.63, 3.8) is 0 Å². The minimum Gasteiger partial charge on any atom is -0.329 e. The summed E-state index contributed by atoms with van der Waals surface area (Å²) in [5.41, 5.74) is 3.48. The standard InChI is InChI=1S/C21H27N5O2S/c1-6-15-11-16-17(12-18(15)29(5,27)28)25-9-10-26(19(13(2)3)20(25)24-16)21-22-8-7-14(4)23-21/h7-8,11-13,19H,6,9-10H2,1-5H3/t19-/m1/s1. The van der Waals surface area contributed by atoms with Crippen molar-refractivity contribution in [1.82, 2.24) is 19.5 Å². The second-order valence-electron chi connectivity index (χ2n) is 8.08. The molecule has 3 aromatic rings. The summed E-state index contributed by atoms with van der Waals surface area (Å²) in [6, 6.07) is 5.65. The fraction of sp³-hybridized carbons (Fsp3) is 0.476. The Hall–Kier alpha value is -2.48. The molecule has 1 aromatic carbocycles. The Morgan fingerprint density at radius 2 is 1.97 bits per heavy atom. The number of sulfone groups is 1. The molecular formula is C21H27N5O2S. The van der Waals surface area contributed by atoms with Gasteiger partial charge in [0.1, 0.15) is 5.82 Å². The first-order valence-corrected chi connectivity index (χ1v) is 11.9. The molecule has 0 spiro atoms. The highest BCUT2D eigenvalue weighted by atomic mass is 32.2. The highest BCUT2D eigenvalue weighted by molar-refractivity contribution is 7.90. The van der Waals surface area contributed by atoms with E-state index in [0.717, 1.165) is 34.7 Å². The van der Waals surface area contributed by atoms with Crippen LogP contribution in [0, 0.1) is 12.8 Å². The molecule has 0 saturated heterocycles. The van der Waals surface area contributed by atoms with E-state index in [1.807, 2.05) is 26.0 Å². The van der Waals surface area contributed by atoms with Gasteiger partial charge in [-0.05, 0) is 43.0 Å². The molecule has 0 bridgehead atoms. The van der Waals surface area contributed by atoms with Gasteiger partial charge in [-0.25, -0.2) is 23.4 Å². The molecule has 0 radical (unpaired) electrons. The van der Waals surface area contributed by atoms with Crippen LogP contribution in [0.1, 0.15) is 43.9 Å². The maximum absolute atomic E-state index is 12.3. The van der Waals surface area contributed by atoms with Gasteiger partial charge in [-0.15, -0.1) is 0 Å². The minimum atomic E-state index is -3.30. The monoisotopic (exact) mass is 413 g/mol. The molecule has 3 heterocycles. The number of imidazole rings is 1. The largest absolute Gasteiger partial charge is 0.329 e. The molecule has 1 aliphatic rings. The van der Waals surface area contributed by atoms with Gasteiger partial charge in [-0.1, -0.05) is 20.8 Å². The van der Waals surface area contributed by atoms with E-state index >= 15 is 0 Å². The fourth-order valence-corrected chi connectivity index (χ4v) is 5.24. The molecule has 0 saturated carbocycles. The molecule has 29 heavy (non-hydrogen) atoms. The highest BCUT2D eigenvalue weighted by Crippen LogP contribution is 2.37. The number of nitrogens with zero attached hydrogens (tertiary/aromatic N) is 5. The topological polar surface area (TPSA) is 81.0 Å². The zero-order valence-electron chi connectivity index (χ0n) is 17.5. The number of hydrogen-bond acceptors (Lipinski definition) is 6. The molecule has 0 fully saturated rings. The van der Waals surface area contributed by atoms with Gasteiger partial charge in [0.05, 0.1) is 22.0 Å². The van der Waals surface area contributed by atoms with Gasteiger partial charge in [0.2, 0.25) is 5.95 Å². The van der Waals surface area contributed by atoms with Crippen molar-refractivity contribution >= 4 is 26.8 Å². The molecule has 0 unspecified atom stereocenters. The van der Waals surface area contributed by atoms with E-state index in [9.17, 15) is 8.42 Å². The van der Waals surface area contributed by atoms with Gasteiger partial charge in [-0.2, -0.15) is 0 Å². The van der Waals surface area contributed by atoms with Gasteiger partial charge in [0, 0.05) is 31.2 Å². The summed E-state index contributed by atoms with van der Waals surface area (Å²) in [4.78, 5) is 16.7. The lowest BCUT2D eigenvalue weighted by Gasteiger charge is -2.38. The molecule has 154 valence electrons. The zero-order valence-corrected chi connectivity index (χ0v) is 18.4. The predicted octanol–water partition coefficient (Wildman–Crippen LogP) is 3.32. The van der Waals surface area contributed by atoms with Crippen LogP contribution in [0.5, 0.6) is 0 Å². The average Bonchev–Trinajstić information content (AvgIpc) is 3.02. The maximum Gasteiger partial charge on any atom is 0.226 e. The first kappa shape index (κ1) is 19.8. The molecule has 0 N–H and O–H groups in total. The third-order valence-electron chi connectivity index (χ3n) is 5.58. The molecule has 0 amide bonds. The Morgan fingerprint density at radius 1 is 1.21 bits per heavy atom. The number of aromatic nitrogens is 4. The summed E-state index contributed by atoms with van der Waals surface area (Å²) in [7, 11) is -3.30. The van der Waals surface area contributed by atoms with Crippen LogP contribution in [0.4, 0.5) is 5.95 Å². The van der Waals surface area contributed by atoms with Crippen LogP contribution < -0.4 is 4.90 Å². The van der Waals surface area contributed by atoms with Crippen LogP contribution in [0.15, 0.2) is 29.3 Å². The zero-order chi connectivity index (χ0) is 20.9. The van der Waals surface area contributed by atoms with Crippen LogP contribution in [0.2, 0.25) is 0 Å². The van der Waals surface area contributed by atoms with E-state index in [1.54, 1.807) is 12.3 Å². The lowest BCUT2D eigenvalue weighted by Crippen LogP contribution is -2.41. The third-order valence-corrected chi connectivity index (χ3v) is 6.75. The Balaban J connectivity index is 1.91. The predicted molar refractivity (Wildman–Crippen MR) is 114 cm³/mol. The van der Waals surface area contributed by atoms with Gasteiger partial charge in [0.15, 0.2) is 9.84 Å². The molecule has 0 aliphatic carbocycles. The average molecular weight is 414 g/mol. The Kier molecular flexibility index (Phi) is 4.85. The number of aryl methyl sites for hydroxylation is 2. The lowest BCUT2D eigenvalue weighted by atomic mass is 10.00. The van der Waals surface area contributed by atoms with Crippen LogP contribution in [0.3, 0.4) is 0 Å². The summed E-state index contributed by atoms with van der Waals surface area (Å²) in [5.74, 6) is 1.95. The van der Waals surface area contributed by atoms with Gasteiger partial charge in [0.25, 0.3) is 0 Å². The van der Waals surface area contributed by atoms with Crippen LogP contribution in [0.25, 0.3) is 11.0 Å². The van der Waals surface area contributed by atoms with Crippen molar-refractivity contribution in [1.29, 1.82) is 0 Å². The minimum absolute atomic E-state index is 0.0183. The molecular weight excluding hydrogens is 386 g/mol. The van der Waals surface area contributed by atoms with E-state index in [0.29, 0.717) is 23.8 Å². The van der Waals surface area contributed by atoms with Crippen molar-refractivity contribution in [3.05, 3.63) is 41.5 Å². The van der Waals surface area contributed by atoms with Gasteiger partial charge < -0.3 is 9.47 Å². The number of benzene rings is 1. The second-order valence-corrected chi connectivity index (χ2v) is 10.1. The summed E-state index contributed by atoms with van der Waals surface area (Å²) in [5, 5.41) is 0. The number of anilines is 1. The normalized spacial score (nSPS) is 17.2. The summed E-state index contributed by atoms with van der Waals surface area (Å²) < 4.78 is 26.8. The number of fused-ring (bicyclic) bond motifs is 3. The Labute approximate surface area is 171 Å². The van der Waals surface area contributed by atoms with E-state index in [4.69, 9.17) is 4.98 Å². The molecule has 7 nitrogen and oxygen atoms in total. The summed E-state index contributed by atoms with van der Waals surface area (Å²) in [6.07, 6.45) is 3.71. The Bertz CT molecular complexity index is 1180. The highest BCUT2D eigenvalue weighted by Gasteiger charge is 2.34. The number of rotatable bonds is 4. The Morgan fingerprint density at radius 3 is 2.59 bits per heavy atom. The first-order valence-electron chi connectivity index (χ1n) is 10.00. The van der Waals surface area contributed by atoms with Crippen molar-refractivity contribution < 1.29 is 8.42 Å². The van der Waals surface area contributed by atoms with Gasteiger partial charge in [-0.3, -0.25) is 0 Å². The van der Waals surface area contributed by atoms with Gasteiger partial charge >= 0.3 is 0 Å². The van der Waals surface area contributed by atoms with Crippen LogP contribution in [-0.2, 0) is 22.8 Å². The van der Waals surface area contributed by atoms with Crippen molar-refractivity contribution in [2.24, 2.45) is 5.92 Å². The van der Waals surface area contributed by atoms with Crippen molar-refractivity contribution in [2.75, 3.05) is 17.7 Å². The van der Waals surface area contributed by atoms with Crippen molar-refractivity contribution in [2.45, 2.75) is 51.6 Å². The molecule has 2 aromatic heterocycles. The smallest absolute Gasteiger partial charge is 0.226 e. The maximum atomic E-state index is 12.3. The lowest BCUT2D eigenvalue weighted by molar-refractivity contribution is 0.387. The van der Waals surface area contributed by atoms with Crippen LogP contribution in [-0.4, -0.2) is 40.7 Å². The number of hydrogen-bond donors (Lipinski definition) is 0. The molecule has 1 atom stereocenters. The fourth-order valence-electron chi connectivity index (χ4n) is 4.24. The molecule has 4 rings (SSSR count). The van der Waals surface area contributed by atoms with E-state index in [-0.39, 0.29) is 12.0 Å². The van der Waals surface area contributed by atoms with E-state index < -0.39 is 9.84 Å². The second kappa shape index (κ2) is 7.09. The summed E-state index contributed by atoms with van der Waals surface area (Å²) >= 11 is 0. The van der Waals surface area contributed by atoms with E-state index in [1.165, 1.54) is 6.26 Å². The SMILES string of the molecule is CCc1cc2nc3n(c2cc1S(C)(=O)=O)CCN(c1nccc(C)n1)[C@@H]3C(C)C.